The number of carbonyl (C=O) groups excluding carboxylic acids is 1. The maximum absolute atomic E-state index is 13.6. The van der Waals surface area contributed by atoms with E-state index in [0.29, 0.717) is 19.3 Å². The van der Waals surface area contributed by atoms with E-state index >= 15 is 0 Å². The van der Waals surface area contributed by atoms with E-state index in [9.17, 15) is 14.7 Å². The third-order valence-corrected chi connectivity index (χ3v) is 6.03. The van der Waals surface area contributed by atoms with Crippen LogP contribution in [0.15, 0.2) is 12.1 Å². The van der Waals surface area contributed by atoms with Crippen molar-refractivity contribution in [3.63, 3.8) is 0 Å². The SMILES string of the molecule is CCC(C)(C(=O)O)C1(C(=O)c2c(C)cc(C)cc2C)CCCC1.O=P. The van der Waals surface area contributed by atoms with Crippen molar-refractivity contribution in [3.8, 4) is 0 Å². The number of ketones is 1. The molecule has 0 radical (unpaired) electrons. The first kappa shape index (κ1) is 21.5. The van der Waals surface area contributed by atoms with Gasteiger partial charge in [-0.1, -0.05) is 37.5 Å². The van der Waals surface area contributed by atoms with Crippen LogP contribution in [0.2, 0.25) is 0 Å². The molecule has 1 aromatic carbocycles. The third kappa shape index (κ3) is 3.55. The fourth-order valence-corrected chi connectivity index (χ4v) is 4.48. The quantitative estimate of drug-likeness (QED) is 0.566. The number of rotatable bonds is 5. The molecule has 1 aliphatic rings. The molecule has 25 heavy (non-hydrogen) atoms. The molecule has 0 aliphatic heterocycles. The van der Waals surface area contributed by atoms with Gasteiger partial charge in [-0.3, -0.25) is 14.2 Å². The summed E-state index contributed by atoms with van der Waals surface area (Å²) >= 11 is 0. The highest BCUT2D eigenvalue weighted by Gasteiger charge is 2.58. The molecule has 0 spiro atoms. The first-order valence-corrected chi connectivity index (χ1v) is 9.17. The van der Waals surface area contributed by atoms with Crippen molar-refractivity contribution < 1.29 is 19.3 Å². The number of carboxylic acid groups (broad SMARTS) is 1. The highest BCUT2D eigenvalue weighted by Crippen LogP contribution is 2.55. The van der Waals surface area contributed by atoms with Crippen LogP contribution in [0, 0.1) is 31.6 Å². The Morgan fingerprint density at radius 3 is 1.92 bits per heavy atom. The van der Waals surface area contributed by atoms with E-state index < -0.39 is 16.8 Å². The fourth-order valence-electron chi connectivity index (χ4n) is 4.48. The normalized spacial score (nSPS) is 18.0. The van der Waals surface area contributed by atoms with Gasteiger partial charge in [0, 0.05) is 11.0 Å². The minimum absolute atomic E-state index is 0.0387. The number of hydrogen-bond acceptors (Lipinski definition) is 3. The van der Waals surface area contributed by atoms with Crippen LogP contribution in [0.4, 0.5) is 0 Å². The van der Waals surface area contributed by atoms with Crippen molar-refractivity contribution in [2.45, 2.75) is 66.7 Å². The van der Waals surface area contributed by atoms with Gasteiger partial charge in [0.15, 0.2) is 5.78 Å². The van der Waals surface area contributed by atoms with Crippen LogP contribution in [-0.2, 0) is 9.36 Å². The largest absolute Gasteiger partial charge is 0.481 e. The minimum Gasteiger partial charge on any atom is -0.481 e. The number of Topliss-reactive ketones (excluding diaryl/α,β-unsaturated/α-hetero) is 1. The zero-order valence-electron chi connectivity index (χ0n) is 15.9. The topological polar surface area (TPSA) is 71.4 Å². The van der Waals surface area contributed by atoms with E-state index in [1.54, 1.807) is 16.0 Å². The van der Waals surface area contributed by atoms with Crippen LogP contribution in [0.3, 0.4) is 0 Å². The summed E-state index contributed by atoms with van der Waals surface area (Å²) in [6.07, 6.45) is 3.68. The van der Waals surface area contributed by atoms with E-state index in [0.717, 1.165) is 35.1 Å². The highest BCUT2D eigenvalue weighted by molar-refractivity contribution is 7.00. The monoisotopic (exact) mass is 364 g/mol. The molecule has 1 saturated carbocycles. The summed E-state index contributed by atoms with van der Waals surface area (Å²) in [5.74, 6) is -0.811. The van der Waals surface area contributed by atoms with Gasteiger partial charge in [-0.15, -0.1) is 0 Å². The van der Waals surface area contributed by atoms with Crippen LogP contribution in [0.1, 0.15) is 73.0 Å². The zero-order chi connectivity index (χ0) is 19.4. The van der Waals surface area contributed by atoms with Crippen LogP contribution in [0.5, 0.6) is 0 Å². The lowest BCUT2D eigenvalue weighted by atomic mass is 9.58. The summed E-state index contributed by atoms with van der Waals surface area (Å²) in [5.41, 5.74) is 2.00. The van der Waals surface area contributed by atoms with E-state index in [1.807, 2.05) is 39.8 Å². The Labute approximate surface area is 152 Å². The second-order valence-electron chi connectivity index (χ2n) is 7.38. The van der Waals surface area contributed by atoms with Gasteiger partial charge >= 0.3 is 5.97 Å². The van der Waals surface area contributed by atoms with Gasteiger partial charge < -0.3 is 5.11 Å². The van der Waals surface area contributed by atoms with Gasteiger partial charge in [0.1, 0.15) is 9.12 Å². The molecule has 2 rings (SSSR count). The number of carbonyl (C=O) groups is 2. The van der Waals surface area contributed by atoms with Crippen molar-refractivity contribution in [1.29, 1.82) is 0 Å². The van der Waals surface area contributed by atoms with Gasteiger partial charge in [0.2, 0.25) is 0 Å². The first-order chi connectivity index (χ1) is 11.7. The molecule has 4 nitrogen and oxygen atoms in total. The molecular weight excluding hydrogens is 335 g/mol. The summed E-state index contributed by atoms with van der Waals surface area (Å²) in [6, 6.07) is 4.04. The summed E-state index contributed by atoms with van der Waals surface area (Å²) < 4.78 is 8.06. The number of carboxylic acids is 1. The standard InChI is InChI=1S/C20H28O3.HOP/c1-6-19(5,18(22)23)20(9-7-8-10-20)17(21)16-14(3)11-13(2)12-15(16)4;1-2/h11-12H,6-10H2,1-5H3,(H,22,23);2H. The number of aliphatic carboxylic acids is 1. The fraction of sp³-hybridized carbons (Fsp3) is 0.600. The number of benzene rings is 1. The molecule has 1 atom stereocenters. The second kappa shape index (κ2) is 8.23. The van der Waals surface area contributed by atoms with E-state index in [2.05, 4.69) is 0 Å². The average Bonchev–Trinajstić information content (AvgIpc) is 3.06. The van der Waals surface area contributed by atoms with Gasteiger partial charge in [0.05, 0.1) is 5.41 Å². The lowest BCUT2D eigenvalue weighted by molar-refractivity contribution is -0.155. The van der Waals surface area contributed by atoms with Crippen molar-refractivity contribution in [2.24, 2.45) is 10.8 Å². The first-order valence-electron chi connectivity index (χ1n) is 8.76. The van der Waals surface area contributed by atoms with Crippen LogP contribution < -0.4 is 0 Å². The maximum atomic E-state index is 13.6. The molecule has 0 amide bonds. The Bertz CT molecular complexity index is 639. The van der Waals surface area contributed by atoms with E-state index in [-0.39, 0.29) is 5.78 Å². The van der Waals surface area contributed by atoms with E-state index in [4.69, 9.17) is 4.57 Å². The molecule has 138 valence electrons. The maximum Gasteiger partial charge on any atom is 0.310 e. The molecule has 0 aromatic heterocycles. The van der Waals surface area contributed by atoms with Crippen molar-refractivity contribution in [1.82, 2.24) is 0 Å². The van der Waals surface area contributed by atoms with Gasteiger partial charge in [-0.25, -0.2) is 0 Å². The average molecular weight is 364 g/mol. The molecule has 1 N–H and O–H groups in total. The van der Waals surface area contributed by atoms with Crippen molar-refractivity contribution >= 4 is 20.9 Å². The molecule has 1 unspecified atom stereocenters. The Morgan fingerprint density at radius 2 is 1.56 bits per heavy atom. The summed E-state index contributed by atoms with van der Waals surface area (Å²) in [5, 5.41) is 9.88. The lowest BCUT2D eigenvalue weighted by Gasteiger charge is -2.42. The predicted octanol–water partition coefficient (Wildman–Crippen LogP) is 5.33. The Hall–Kier alpha value is -1.54. The van der Waals surface area contributed by atoms with Crippen LogP contribution >= 0.6 is 9.12 Å². The summed E-state index contributed by atoms with van der Waals surface area (Å²) in [6.45, 7) is 9.58. The van der Waals surface area contributed by atoms with E-state index in [1.165, 1.54) is 0 Å². The molecular formula is C20H29O4P. The zero-order valence-corrected chi connectivity index (χ0v) is 16.9. The second-order valence-corrected chi connectivity index (χ2v) is 7.38. The van der Waals surface area contributed by atoms with Crippen molar-refractivity contribution in [3.05, 3.63) is 34.4 Å². The Kier molecular flexibility index (Phi) is 7.08. The smallest absolute Gasteiger partial charge is 0.310 e. The van der Waals surface area contributed by atoms with Gasteiger partial charge in [0.25, 0.3) is 0 Å². The molecule has 1 fully saturated rings. The summed E-state index contributed by atoms with van der Waals surface area (Å²) in [7, 11) is 1.72. The van der Waals surface area contributed by atoms with Gasteiger partial charge in [-0.05, 0) is 58.1 Å². The predicted molar refractivity (Wildman–Crippen MR) is 101 cm³/mol. The highest BCUT2D eigenvalue weighted by atomic mass is 31.0. The Morgan fingerprint density at radius 1 is 1.12 bits per heavy atom. The Balaban J connectivity index is 0.00000151. The number of aryl methyl sites for hydroxylation is 3. The van der Waals surface area contributed by atoms with Crippen molar-refractivity contribution in [2.75, 3.05) is 0 Å². The molecule has 1 aromatic rings. The molecule has 5 heteroatoms. The lowest BCUT2D eigenvalue weighted by Crippen LogP contribution is -2.49. The van der Waals surface area contributed by atoms with Crippen LogP contribution in [0.25, 0.3) is 0 Å². The number of hydrogen-bond donors (Lipinski definition) is 1. The minimum atomic E-state index is -1.01. The van der Waals surface area contributed by atoms with Crippen LogP contribution in [-0.4, -0.2) is 16.9 Å². The molecule has 0 bridgehead atoms. The third-order valence-electron chi connectivity index (χ3n) is 6.03. The molecule has 0 heterocycles. The summed E-state index contributed by atoms with van der Waals surface area (Å²) in [4.78, 5) is 25.6. The molecule has 1 aliphatic carbocycles. The molecule has 0 saturated heterocycles. The van der Waals surface area contributed by atoms with Gasteiger partial charge in [-0.2, -0.15) is 0 Å².